The van der Waals surface area contributed by atoms with Crippen LogP contribution in [-0.4, -0.2) is 26.0 Å². The van der Waals surface area contributed by atoms with Gasteiger partial charge in [-0.05, 0) is 42.2 Å². The van der Waals surface area contributed by atoms with Crippen LogP contribution in [0.1, 0.15) is 5.56 Å². The van der Waals surface area contributed by atoms with Gasteiger partial charge >= 0.3 is 0 Å². The quantitative estimate of drug-likeness (QED) is 0.780. The average Bonchev–Trinajstić information content (AvgIpc) is 2.50. The molecule has 0 unspecified atom stereocenters. The molecule has 118 valence electrons. The van der Waals surface area contributed by atoms with E-state index < -0.39 is 21.7 Å². The first kappa shape index (κ1) is 16.9. The zero-order chi connectivity index (χ0) is 16.3. The number of sulfonamides is 1. The molecule has 7 heteroatoms. The number of hydrogen-bond donors (Lipinski definition) is 0. The molecule has 3 nitrogen and oxygen atoms in total. The summed E-state index contributed by atoms with van der Waals surface area (Å²) in [5, 5.41) is 0. The van der Waals surface area contributed by atoms with Gasteiger partial charge in [0, 0.05) is 18.5 Å². The second-order valence-electron chi connectivity index (χ2n) is 4.69. The smallest absolute Gasteiger partial charge is 0.207 e. The molecule has 0 aliphatic rings. The van der Waals surface area contributed by atoms with E-state index >= 15 is 0 Å². The van der Waals surface area contributed by atoms with Gasteiger partial charge in [0.1, 0.15) is 0 Å². The maximum absolute atomic E-state index is 13.2. The first-order valence-electron chi connectivity index (χ1n) is 6.39. The molecule has 0 saturated heterocycles. The second kappa shape index (κ2) is 6.76. The van der Waals surface area contributed by atoms with E-state index in [-0.39, 0.29) is 11.4 Å². The lowest BCUT2D eigenvalue weighted by Gasteiger charge is -2.17. The molecular formula is C15H15F2NO2S2. The van der Waals surface area contributed by atoms with Gasteiger partial charge in [0.05, 0.1) is 4.90 Å². The number of thioether (sulfide) groups is 1. The SMILES string of the molecule is CSc1ccc(CN(C)S(=O)(=O)c2ccc(F)c(F)c2)cc1. The Morgan fingerprint density at radius 1 is 1.05 bits per heavy atom. The third kappa shape index (κ3) is 3.66. The van der Waals surface area contributed by atoms with Crippen molar-refractivity contribution in [2.75, 3.05) is 13.3 Å². The van der Waals surface area contributed by atoms with Crippen LogP contribution in [0.15, 0.2) is 52.3 Å². The minimum absolute atomic E-state index is 0.149. The Labute approximate surface area is 133 Å². The van der Waals surface area contributed by atoms with E-state index in [0.717, 1.165) is 26.9 Å². The van der Waals surface area contributed by atoms with Crippen molar-refractivity contribution < 1.29 is 17.2 Å². The topological polar surface area (TPSA) is 37.4 Å². The number of halogens is 2. The third-order valence-corrected chi connectivity index (χ3v) is 5.71. The molecule has 0 spiro atoms. The minimum atomic E-state index is -3.87. The van der Waals surface area contributed by atoms with Gasteiger partial charge in [0.2, 0.25) is 10.0 Å². The van der Waals surface area contributed by atoms with Gasteiger partial charge in [-0.15, -0.1) is 11.8 Å². The molecule has 0 saturated carbocycles. The fraction of sp³-hybridized carbons (Fsp3) is 0.200. The van der Waals surface area contributed by atoms with Gasteiger partial charge in [-0.25, -0.2) is 17.2 Å². The Morgan fingerprint density at radius 3 is 2.23 bits per heavy atom. The summed E-state index contributed by atoms with van der Waals surface area (Å²) < 4.78 is 52.0. The monoisotopic (exact) mass is 343 g/mol. The van der Waals surface area contributed by atoms with E-state index in [1.165, 1.54) is 7.05 Å². The normalized spacial score (nSPS) is 11.9. The van der Waals surface area contributed by atoms with Crippen LogP contribution in [-0.2, 0) is 16.6 Å². The molecule has 0 N–H and O–H groups in total. The summed E-state index contributed by atoms with van der Waals surface area (Å²) in [6.45, 7) is 0.149. The summed E-state index contributed by atoms with van der Waals surface area (Å²) in [7, 11) is -2.47. The van der Waals surface area contributed by atoms with E-state index in [9.17, 15) is 17.2 Å². The largest absolute Gasteiger partial charge is 0.243 e. The first-order valence-corrected chi connectivity index (χ1v) is 9.05. The van der Waals surface area contributed by atoms with Gasteiger partial charge < -0.3 is 0 Å². The molecule has 0 aliphatic carbocycles. The van der Waals surface area contributed by atoms with E-state index in [4.69, 9.17) is 0 Å². The van der Waals surface area contributed by atoms with Gasteiger partial charge in [-0.1, -0.05) is 12.1 Å². The van der Waals surface area contributed by atoms with E-state index in [0.29, 0.717) is 6.07 Å². The lowest BCUT2D eigenvalue weighted by Crippen LogP contribution is -2.26. The summed E-state index contributed by atoms with van der Waals surface area (Å²) in [6.07, 6.45) is 1.95. The maximum Gasteiger partial charge on any atom is 0.243 e. The fourth-order valence-corrected chi connectivity index (χ4v) is 3.47. The Balaban J connectivity index is 2.22. The van der Waals surface area contributed by atoms with Crippen molar-refractivity contribution in [3.8, 4) is 0 Å². The number of hydrogen-bond acceptors (Lipinski definition) is 3. The second-order valence-corrected chi connectivity index (χ2v) is 7.61. The lowest BCUT2D eigenvalue weighted by molar-refractivity contribution is 0.463. The molecule has 0 fully saturated rings. The Morgan fingerprint density at radius 2 is 1.68 bits per heavy atom. The highest BCUT2D eigenvalue weighted by atomic mass is 32.2. The third-order valence-electron chi connectivity index (χ3n) is 3.16. The summed E-state index contributed by atoms with van der Waals surface area (Å²) >= 11 is 1.59. The Bertz CT molecular complexity index is 762. The summed E-state index contributed by atoms with van der Waals surface area (Å²) in [5.74, 6) is -2.26. The zero-order valence-electron chi connectivity index (χ0n) is 12.1. The van der Waals surface area contributed by atoms with E-state index in [1.54, 1.807) is 11.8 Å². The predicted octanol–water partition coefficient (Wildman–Crippen LogP) is 3.51. The van der Waals surface area contributed by atoms with E-state index in [2.05, 4.69) is 0 Å². The molecule has 2 aromatic rings. The van der Waals surface area contributed by atoms with Crippen LogP contribution in [0.4, 0.5) is 8.78 Å². The highest BCUT2D eigenvalue weighted by Gasteiger charge is 2.22. The average molecular weight is 343 g/mol. The van der Waals surface area contributed by atoms with Crippen LogP contribution in [0, 0.1) is 11.6 Å². The molecular weight excluding hydrogens is 328 g/mol. The Kier molecular flexibility index (Phi) is 5.20. The number of rotatable bonds is 5. The lowest BCUT2D eigenvalue weighted by atomic mass is 10.2. The summed E-state index contributed by atoms with van der Waals surface area (Å²) in [5.41, 5.74) is 0.812. The summed E-state index contributed by atoms with van der Waals surface area (Å²) in [6, 6.07) is 10.0. The van der Waals surface area contributed by atoms with Crippen LogP contribution in [0.25, 0.3) is 0 Å². The number of benzene rings is 2. The van der Waals surface area contributed by atoms with E-state index in [1.807, 2.05) is 30.5 Å². The van der Waals surface area contributed by atoms with Crippen molar-refractivity contribution in [1.82, 2.24) is 4.31 Å². The van der Waals surface area contributed by atoms with Crippen LogP contribution in [0.2, 0.25) is 0 Å². The van der Waals surface area contributed by atoms with Crippen molar-refractivity contribution in [1.29, 1.82) is 0 Å². The molecule has 0 amide bonds. The zero-order valence-corrected chi connectivity index (χ0v) is 13.7. The fourth-order valence-electron chi connectivity index (χ4n) is 1.89. The minimum Gasteiger partial charge on any atom is -0.207 e. The molecule has 2 rings (SSSR count). The van der Waals surface area contributed by atoms with Crippen molar-refractivity contribution in [3.63, 3.8) is 0 Å². The predicted molar refractivity (Wildman–Crippen MR) is 83.2 cm³/mol. The van der Waals surface area contributed by atoms with Gasteiger partial charge in [0.15, 0.2) is 11.6 Å². The van der Waals surface area contributed by atoms with Crippen LogP contribution < -0.4 is 0 Å². The summed E-state index contributed by atoms with van der Waals surface area (Å²) in [4.78, 5) is 0.810. The Hall–Kier alpha value is -1.44. The van der Waals surface area contributed by atoms with Crippen LogP contribution >= 0.6 is 11.8 Å². The van der Waals surface area contributed by atoms with Crippen molar-refractivity contribution in [3.05, 3.63) is 59.7 Å². The van der Waals surface area contributed by atoms with Crippen molar-refractivity contribution in [2.45, 2.75) is 16.3 Å². The van der Waals surface area contributed by atoms with Gasteiger partial charge in [0.25, 0.3) is 0 Å². The number of nitrogens with zero attached hydrogens (tertiary/aromatic N) is 1. The van der Waals surface area contributed by atoms with Crippen molar-refractivity contribution in [2.24, 2.45) is 0 Å². The molecule has 0 bridgehead atoms. The molecule has 0 radical (unpaired) electrons. The van der Waals surface area contributed by atoms with Crippen LogP contribution in [0.5, 0.6) is 0 Å². The maximum atomic E-state index is 13.2. The molecule has 2 aromatic carbocycles. The first-order chi connectivity index (χ1) is 10.3. The molecule has 0 aliphatic heterocycles. The molecule has 0 heterocycles. The highest BCUT2D eigenvalue weighted by Crippen LogP contribution is 2.20. The molecule has 0 atom stereocenters. The molecule has 0 aromatic heterocycles. The highest BCUT2D eigenvalue weighted by molar-refractivity contribution is 7.98. The van der Waals surface area contributed by atoms with Crippen molar-refractivity contribution >= 4 is 21.8 Å². The van der Waals surface area contributed by atoms with Gasteiger partial charge in [-0.2, -0.15) is 4.31 Å². The van der Waals surface area contributed by atoms with Gasteiger partial charge in [-0.3, -0.25) is 0 Å². The standard InChI is InChI=1S/C15H15F2NO2S2/c1-18(10-11-3-5-12(21-2)6-4-11)22(19,20)13-7-8-14(16)15(17)9-13/h3-9H,10H2,1-2H3. The van der Waals surface area contributed by atoms with Crippen LogP contribution in [0.3, 0.4) is 0 Å². The molecule has 22 heavy (non-hydrogen) atoms.